The molecule has 7 heteroatoms. The molecular formula is C14H10Cl2N2O3. The second kappa shape index (κ2) is 5.79. The molecule has 0 fully saturated rings. The molecule has 0 aliphatic carbocycles. The second-order valence-corrected chi connectivity index (χ2v) is 5.13. The fourth-order valence-corrected chi connectivity index (χ4v) is 2.24. The van der Waals surface area contributed by atoms with Crippen molar-refractivity contribution in [2.45, 2.75) is 0 Å². The van der Waals surface area contributed by atoms with E-state index < -0.39 is 5.91 Å². The lowest BCUT2D eigenvalue weighted by molar-refractivity contribution is 0.102. The smallest absolute Gasteiger partial charge is 0.274 e. The summed E-state index contributed by atoms with van der Waals surface area (Å²) in [5.74, 6) is 0.696. The molecule has 1 aliphatic rings. The van der Waals surface area contributed by atoms with E-state index >= 15 is 0 Å². The molecule has 2 aromatic rings. The number of amides is 1. The lowest BCUT2D eigenvalue weighted by Gasteiger charge is -2.19. The van der Waals surface area contributed by atoms with Crippen molar-refractivity contribution in [2.75, 3.05) is 18.5 Å². The minimum absolute atomic E-state index is 0.202. The summed E-state index contributed by atoms with van der Waals surface area (Å²) < 4.78 is 10.9. The van der Waals surface area contributed by atoms with Crippen LogP contribution in [0.4, 0.5) is 5.69 Å². The molecule has 1 aliphatic heterocycles. The number of carbonyl (C=O) groups excluding carboxylic acids is 1. The van der Waals surface area contributed by atoms with E-state index in [9.17, 15) is 4.79 Å². The van der Waals surface area contributed by atoms with Crippen LogP contribution in [0.5, 0.6) is 11.5 Å². The highest BCUT2D eigenvalue weighted by Crippen LogP contribution is 2.38. The van der Waals surface area contributed by atoms with Gasteiger partial charge in [0.15, 0.2) is 11.5 Å². The average molecular weight is 325 g/mol. The van der Waals surface area contributed by atoms with Gasteiger partial charge >= 0.3 is 0 Å². The van der Waals surface area contributed by atoms with Crippen molar-refractivity contribution in [3.63, 3.8) is 0 Å². The summed E-state index contributed by atoms with van der Waals surface area (Å²) in [6.07, 6.45) is 1.46. The quantitative estimate of drug-likeness (QED) is 0.919. The van der Waals surface area contributed by atoms with Crippen LogP contribution in [0.2, 0.25) is 10.0 Å². The van der Waals surface area contributed by atoms with Crippen LogP contribution in [0.15, 0.2) is 30.5 Å². The Bertz CT molecular complexity index is 707. The van der Waals surface area contributed by atoms with E-state index in [-0.39, 0.29) is 5.69 Å². The van der Waals surface area contributed by atoms with Crippen LogP contribution in [0.3, 0.4) is 0 Å². The molecule has 0 atom stereocenters. The van der Waals surface area contributed by atoms with E-state index in [1.54, 1.807) is 18.2 Å². The van der Waals surface area contributed by atoms with E-state index in [2.05, 4.69) is 10.3 Å². The zero-order valence-corrected chi connectivity index (χ0v) is 12.2. The Morgan fingerprint density at radius 3 is 2.57 bits per heavy atom. The van der Waals surface area contributed by atoms with Crippen molar-refractivity contribution >= 4 is 34.8 Å². The van der Waals surface area contributed by atoms with E-state index in [4.69, 9.17) is 32.7 Å². The first-order valence-electron chi connectivity index (χ1n) is 6.15. The number of nitrogens with zero attached hydrogens (tertiary/aromatic N) is 1. The van der Waals surface area contributed by atoms with Crippen molar-refractivity contribution in [1.82, 2.24) is 4.98 Å². The highest BCUT2D eigenvalue weighted by molar-refractivity contribution is 6.34. The molecule has 2 heterocycles. The number of pyridine rings is 1. The fourth-order valence-electron chi connectivity index (χ4n) is 1.88. The summed E-state index contributed by atoms with van der Waals surface area (Å²) in [5.41, 5.74) is 0.626. The van der Waals surface area contributed by atoms with Crippen LogP contribution in [-0.2, 0) is 0 Å². The van der Waals surface area contributed by atoms with Crippen LogP contribution in [0, 0.1) is 0 Å². The molecule has 21 heavy (non-hydrogen) atoms. The second-order valence-electron chi connectivity index (χ2n) is 4.29. The van der Waals surface area contributed by atoms with E-state index in [1.807, 2.05) is 0 Å². The van der Waals surface area contributed by atoms with Crippen LogP contribution < -0.4 is 14.8 Å². The number of nitrogens with one attached hydrogen (secondary N) is 1. The zero-order chi connectivity index (χ0) is 14.8. The summed E-state index contributed by atoms with van der Waals surface area (Å²) in [4.78, 5) is 16.1. The molecule has 0 saturated heterocycles. The van der Waals surface area contributed by atoms with Gasteiger partial charge in [-0.25, -0.2) is 0 Å². The molecule has 0 saturated carbocycles. The van der Waals surface area contributed by atoms with Gasteiger partial charge in [-0.1, -0.05) is 23.2 Å². The molecule has 3 rings (SSSR count). The molecule has 0 unspecified atom stereocenters. The molecule has 1 aromatic heterocycles. The van der Waals surface area contributed by atoms with Crippen molar-refractivity contribution in [3.05, 3.63) is 46.2 Å². The van der Waals surface area contributed by atoms with Crippen LogP contribution in [0.25, 0.3) is 0 Å². The van der Waals surface area contributed by atoms with Gasteiger partial charge < -0.3 is 14.8 Å². The summed E-state index contributed by atoms with van der Waals surface area (Å²) in [6, 6.07) is 6.30. The maximum absolute atomic E-state index is 12.1. The number of halogens is 2. The third-order valence-electron chi connectivity index (χ3n) is 2.83. The summed E-state index contributed by atoms with van der Waals surface area (Å²) >= 11 is 12.0. The van der Waals surface area contributed by atoms with Crippen LogP contribution in [0.1, 0.15) is 10.5 Å². The Labute approximate surface area is 130 Å². The summed E-state index contributed by atoms with van der Waals surface area (Å²) in [7, 11) is 0. The molecular weight excluding hydrogens is 315 g/mol. The fraction of sp³-hybridized carbons (Fsp3) is 0.143. The van der Waals surface area contributed by atoms with E-state index in [0.29, 0.717) is 40.4 Å². The molecule has 1 N–H and O–H groups in total. The lowest BCUT2D eigenvalue weighted by Crippen LogP contribution is -2.17. The molecule has 0 spiro atoms. The van der Waals surface area contributed by atoms with Crippen molar-refractivity contribution in [3.8, 4) is 11.5 Å². The third-order valence-corrected chi connectivity index (χ3v) is 3.38. The van der Waals surface area contributed by atoms with Gasteiger partial charge in [0.05, 0.1) is 10.7 Å². The van der Waals surface area contributed by atoms with Gasteiger partial charge in [-0.05, 0) is 12.1 Å². The number of fused-ring (bicyclic) bond motifs is 1. The van der Waals surface area contributed by atoms with Gasteiger partial charge in [0.25, 0.3) is 5.91 Å². The predicted molar refractivity (Wildman–Crippen MR) is 79.6 cm³/mol. The Kier molecular flexibility index (Phi) is 3.86. The summed E-state index contributed by atoms with van der Waals surface area (Å²) in [6.45, 7) is 0.930. The standard InChI is InChI=1S/C14H10Cl2N2O3/c15-8-1-2-17-11(5-8)14(19)18-10-7-13-12(6-9(10)16)20-3-4-21-13/h1-2,5-7H,3-4H2,(H,18,19). The van der Waals surface area contributed by atoms with Crippen molar-refractivity contribution in [2.24, 2.45) is 0 Å². The number of anilines is 1. The van der Waals surface area contributed by atoms with Gasteiger partial charge in [0, 0.05) is 23.4 Å². The number of aromatic nitrogens is 1. The number of carbonyl (C=O) groups is 1. The molecule has 1 aromatic carbocycles. The average Bonchev–Trinajstić information content (AvgIpc) is 2.48. The van der Waals surface area contributed by atoms with E-state index in [0.717, 1.165) is 0 Å². The SMILES string of the molecule is O=C(Nc1cc2c(cc1Cl)OCCO2)c1cc(Cl)ccn1. The number of hydrogen-bond acceptors (Lipinski definition) is 4. The van der Waals surface area contributed by atoms with Crippen LogP contribution >= 0.6 is 23.2 Å². The number of rotatable bonds is 2. The number of ether oxygens (including phenoxy) is 2. The minimum atomic E-state index is -0.406. The van der Waals surface area contributed by atoms with Gasteiger partial charge in [0.1, 0.15) is 18.9 Å². The van der Waals surface area contributed by atoms with Crippen LogP contribution in [-0.4, -0.2) is 24.1 Å². The first kappa shape index (κ1) is 14.0. The predicted octanol–water partition coefficient (Wildman–Crippen LogP) is 3.41. The van der Waals surface area contributed by atoms with Gasteiger partial charge in [-0.2, -0.15) is 0 Å². The lowest BCUT2D eigenvalue weighted by atomic mass is 10.2. The molecule has 0 radical (unpaired) electrons. The van der Waals surface area contributed by atoms with Gasteiger partial charge in [-0.3, -0.25) is 9.78 Å². The molecule has 1 amide bonds. The molecule has 5 nitrogen and oxygen atoms in total. The normalized spacial score (nSPS) is 12.9. The van der Waals surface area contributed by atoms with Crippen molar-refractivity contribution < 1.29 is 14.3 Å². The first-order valence-corrected chi connectivity index (χ1v) is 6.91. The number of benzene rings is 1. The summed E-state index contributed by atoms with van der Waals surface area (Å²) in [5, 5.41) is 3.47. The van der Waals surface area contributed by atoms with Gasteiger partial charge in [-0.15, -0.1) is 0 Å². The Balaban J connectivity index is 1.86. The largest absolute Gasteiger partial charge is 0.486 e. The molecule has 108 valence electrons. The monoisotopic (exact) mass is 324 g/mol. The molecule has 0 bridgehead atoms. The van der Waals surface area contributed by atoms with Crippen molar-refractivity contribution in [1.29, 1.82) is 0 Å². The highest BCUT2D eigenvalue weighted by Gasteiger charge is 2.17. The number of hydrogen-bond donors (Lipinski definition) is 1. The Morgan fingerprint density at radius 1 is 1.14 bits per heavy atom. The maximum Gasteiger partial charge on any atom is 0.274 e. The zero-order valence-electron chi connectivity index (χ0n) is 10.7. The van der Waals surface area contributed by atoms with Gasteiger partial charge in [0.2, 0.25) is 0 Å². The van der Waals surface area contributed by atoms with E-state index in [1.165, 1.54) is 12.3 Å². The maximum atomic E-state index is 12.1. The minimum Gasteiger partial charge on any atom is -0.486 e. The topological polar surface area (TPSA) is 60.5 Å². The highest BCUT2D eigenvalue weighted by atomic mass is 35.5. The first-order chi connectivity index (χ1) is 10.1. The third kappa shape index (κ3) is 3.04. The Morgan fingerprint density at radius 2 is 1.86 bits per heavy atom. The Hall–Kier alpha value is -1.98.